The largest absolute Gasteiger partial charge is 0.477 e. The molecule has 3 aromatic rings. The van der Waals surface area contributed by atoms with Crippen LogP contribution in [0.15, 0.2) is 30.3 Å². The molecular formula is C24H30FN5O2. The van der Waals surface area contributed by atoms with Crippen LogP contribution in [-0.4, -0.2) is 62.5 Å². The van der Waals surface area contributed by atoms with E-state index in [1.165, 1.54) is 12.1 Å². The molecule has 2 aromatic heterocycles. The van der Waals surface area contributed by atoms with Gasteiger partial charge in [0.25, 0.3) is 0 Å². The summed E-state index contributed by atoms with van der Waals surface area (Å²) < 4.78 is 15.1. The van der Waals surface area contributed by atoms with E-state index >= 15 is 0 Å². The van der Waals surface area contributed by atoms with E-state index in [2.05, 4.69) is 49.4 Å². The lowest BCUT2D eigenvalue weighted by Crippen LogP contribution is -2.53. The van der Waals surface area contributed by atoms with E-state index in [0.717, 1.165) is 42.9 Å². The quantitative estimate of drug-likeness (QED) is 0.653. The standard InChI is InChI=1S/C24H30FN5O2/c1-15(2)21-20-19(28-10-12-29(13-11-28)24(3,4)5)14-18(23(31)32)26-22(20)30(27-21)17-8-6-16(25)7-9-17/h6-9,14-15H,10-13H2,1-5H3,(H,31,32). The molecule has 0 amide bonds. The molecule has 32 heavy (non-hydrogen) atoms. The van der Waals surface area contributed by atoms with Gasteiger partial charge in [0.15, 0.2) is 11.3 Å². The number of piperazine rings is 1. The summed E-state index contributed by atoms with van der Waals surface area (Å²) >= 11 is 0. The predicted octanol–water partition coefficient (Wildman–Crippen LogP) is 4.30. The molecule has 0 atom stereocenters. The highest BCUT2D eigenvalue weighted by molar-refractivity contribution is 5.98. The van der Waals surface area contributed by atoms with Crippen LogP contribution in [-0.2, 0) is 0 Å². The molecule has 0 spiro atoms. The number of fused-ring (bicyclic) bond motifs is 1. The summed E-state index contributed by atoms with van der Waals surface area (Å²) in [5.41, 5.74) is 2.88. The molecule has 0 aliphatic carbocycles. The summed E-state index contributed by atoms with van der Waals surface area (Å²) in [4.78, 5) is 21.1. The SMILES string of the molecule is CC(C)c1nn(-c2ccc(F)cc2)c2nc(C(=O)O)cc(N3CCN(C(C)(C)C)CC3)c12. The van der Waals surface area contributed by atoms with Crippen LogP contribution in [0.1, 0.15) is 56.7 Å². The fourth-order valence-corrected chi connectivity index (χ4v) is 4.27. The van der Waals surface area contributed by atoms with Crippen molar-refractivity contribution >= 4 is 22.7 Å². The lowest BCUT2D eigenvalue weighted by molar-refractivity contribution is 0.0691. The Morgan fingerprint density at radius 3 is 2.25 bits per heavy atom. The van der Waals surface area contributed by atoms with Gasteiger partial charge in [0.05, 0.1) is 22.5 Å². The lowest BCUT2D eigenvalue weighted by atomic mass is 10.0. The van der Waals surface area contributed by atoms with E-state index in [1.54, 1.807) is 22.9 Å². The molecule has 3 heterocycles. The van der Waals surface area contributed by atoms with E-state index < -0.39 is 5.97 Å². The number of anilines is 1. The number of carboxylic acid groups (broad SMARTS) is 1. The highest BCUT2D eigenvalue weighted by Crippen LogP contribution is 2.35. The summed E-state index contributed by atoms with van der Waals surface area (Å²) in [7, 11) is 0. The molecule has 1 aliphatic heterocycles. The van der Waals surface area contributed by atoms with Gasteiger partial charge in [-0.3, -0.25) is 4.90 Å². The molecular weight excluding hydrogens is 409 g/mol. The van der Waals surface area contributed by atoms with Gasteiger partial charge in [-0.15, -0.1) is 0 Å². The highest BCUT2D eigenvalue weighted by atomic mass is 19.1. The lowest BCUT2D eigenvalue weighted by Gasteiger charge is -2.43. The molecule has 1 saturated heterocycles. The number of pyridine rings is 1. The normalized spacial score (nSPS) is 15.7. The third-order valence-corrected chi connectivity index (χ3v) is 6.05. The van der Waals surface area contributed by atoms with Gasteiger partial charge >= 0.3 is 5.97 Å². The minimum Gasteiger partial charge on any atom is -0.477 e. The zero-order chi connectivity index (χ0) is 23.2. The van der Waals surface area contributed by atoms with Crippen LogP contribution in [0.2, 0.25) is 0 Å². The van der Waals surface area contributed by atoms with Crippen molar-refractivity contribution in [2.45, 2.75) is 46.1 Å². The van der Waals surface area contributed by atoms with Crippen LogP contribution in [0, 0.1) is 5.82 Å². The van der Waals surface area contributed by atoms with E-state index in [0.29, 0.717) is 11.3 Å². The Bertz CT molecular complexity index is 1140. The van der Waals surface area contributed by atoms with E-state index in [9.17, 15) is 14.3 Å². The van der Waals surface area contributed by atoms with Gasteiger partial charge in [0.1, 0.15) is 5.82 Å². The molecule has 0 radical (unpaired) electrons. The molecule has 1 aliphatic rings. The average Bonchev–Trinajstić information content (AvgIpc) is 3.13. The molecule has 8 heteroatoms. The average molecular weight is 440 g/mol. The number of benzene rings is 1. The molecule has 0 bridgehead atoms. The second kappa shape index (κ2) is 8.16. The maximum Gasteiger partial charge on any atom is 0.354 e. The van der Waals surface area contributed by atoms with E-state index in [-0.39, 0.29) is 23.0 Å². The number of carboxylic acids is 1. The molecule has 4 rings (SSSR count). The summed E-state index contributed by atoms with van der Waals surface area (Å²) in [6.07, 6.45) is 0. The zero-order valence-electron chi connectivity index (χ0n) is 19.3. The van der Waals surface area contributed by atoms with Crippen molar-refractivity contribution in [3.05, 3.63) is 47.5 Å². The van der Waals surface area contributed by atoms with Gasteiger partial charge in [-0.1, -0.05) is 13.8 Å². The van der Waals surface area contributed by atoms with Crippen molar-refractivity contribution in [2.75, 3.05) is 31.1 Å². The fourth-order valence-electron chi connectivity index (χ4n) is 4.27. The van der Waals surface area contributed by atoms with Gasteiger partial charge in [0, 0.05) is 31.7 Å². The number of halogens is 1. The Balaban J connectivity index is 1.89. The predicted molar refractivity (Wildman–Crippen MR) is 123 cm³/mol. The van der Waals surface area contributed by atoms with Crippen molar-refractivity contribution in [1.29, 1.82) is 0 Å². The van der Waals surface area contributed by atoms with Crippen LogP contribution in [0.5, 0.6) is 0 Å². The first-order valence-electron chi connectivity index (χ1n) is 11.0. The Kier molecular flexibility index (Phi) is 5.67. The molecule has 1 aromatic carbocycles. The molecule has 0 saturated carbocycles. The Morgan fingerprint density at radius 1 is 1.09 bits per heavy atom. The van der Waals surface area contributed by atoms with Crippen molar-refractivity contribution in [3.63, 3.8) is 0 Å². The summed E-state index contributed by atoms with van der Waals surface area (Å²) in [5.74, 6) is -1.32. The fraction of sp³-hybridized carbons (Fsp3) is 0.458. The number of aromatic nitrogens is 3. The van der Waals surface area contributed by atoms with E-state index in [1.807, 2.05) is 0 Å². The van der Waals surface area contributed by atoms with Crippen LogP contribution in [0.25, 0.3) is 16.7 Å². The Hall–Kier alpha value is -3.00. The molecule has 1 N–H and O–H groups in total. The first kappa shape index (κ1) is 22.2. The van der Waals surface area contributed by atoms with Crippen LogP contribution in [0.3, 0.4) is 0 Å². The van der Waals surface area contributed by atoms with Gasteiger partial charge in [-0.05, 0) is 57.0 Å². The van der Waals surface area contributed by atoms with Crippen molar-refractivity contribution < 1.29 is 14.3 Å². The van der Waals surface area contributed by atoms with Gasteiger partial charge < -0.3 is 10.0 Å². The summed E-state index contributed by atoms with van der Waals surface area (Å²) in [6, 6.07) is 7.66. The molecule has 1 fully saturated rings. The summed E-state index contributed by atoms with van der Waals surface area (Å²) in [5, 5.41) is 15.4. The number of rotatable bonds is 4. The van der Waals surface area contributed by atoms with E-state index in [4.69, 9.17) is 5.10 Å². The summed E-state index contributed by atoms with van der Waals surface area (Å²) in [6.45, 7) is 14.1. The maximum absolute atomic E-state index is 13.5. The molecule has 170 valence electrons. The minimum absolute atomic E-state index is 0.0238. The van der Waals surface area contributed by atoms with Crippen LogP contribution in [0.4, 0.5) is 10.1 Å². The van der Waals surface area contributed by atoms with Crippen LogP contribution < -0.4 is 4.90 Å². The minimum atomic E-state index is -1.08. The van der Waals surface area contributed by atoms with Crippen molar-refractivity contribution in [1.82, 2.24) is 19.7 Å². The second-order valence-electron chi connectivity index (χ2n) is 9.60. The Labute approximate surface area is 187 Å². The number of hydrogen-bond acceptors (Lipinski definition) is 5. The first-order valence-corrected chi connectivity index (χ1v) is 11.0. The highest BCUT2D eigenvalue weighted by Gasteiger charge is 2.29. The van der Waals surface area contributed by atoms with Crippen molar-refractivity contribution in [2.24, 2.45) is 0 Å². The van der Waals surface area contributed by atoms with Crippen molar-refractivity contribution in [3.8, 4) is 5.69 Å². The third kappa shape index (κ3) is 4.07. The van der Waals surface area contributed by atoms with Gasteiger partial charge in [-0.2, -0.15) is 5.10 Å². The first-order chi connectivity index (χ1) is 15.1. The third-order valence-electron chi connectivity index (χ3n) is 6.05. The second-order valence-corrected chi connectivity index (χ2v) is 9.60. The number of hydrogen-bond donors (Lipinski definition) is 1. The monoisotopic (exact) mass is 439 g/mol. The number of nitrogens with zero attached hydrogens (tertiary/aromatic N) is 5. The number of aromatic carboxylic acids is 1. The topological polar surface area (TPSA) is 74.5 Å². The van der Waals surface area contributed by atoms with Gasteiger partial charge in [0.2, 0.25) is 0 Å². The number of carbonyl (C=O) groups is 1. The smallest absolute Gasteiger partial charge is 0.354 e. The zero-order valence-corrected chi connectivity index (χ0v) is 19.3. The molecule has 0 unspecified atom stereocenters. The van der Waals surface area contributed by atoms with Crippen LogP contribution >= 0.6 is 0 Å². The maximum atomic E-state index is 13.5. The van der Waals surface area contributed by atoms with Gasteiger partial charge in [-0.25, -0.2) is 18.9 Å². The Morgan fingerprint density at radius 2 is 1.72 bits per heavy atom. The molecule has 7 nitrogen and oxygen atoms in total.